The number of nitrogens with zero attached hydrogens (tertiary/aromatic N) is 5. The molecule has 0 saturated carbocycles. The van der Waals surface area contributed by atoms with E-state index >= 15 is 0 Å². The Balaban J connectivity index is 1.38. The monoisotopic (exact) mass is 508 g/mol. The van der Waals surface area contributed by atoms with Crippen LogP contribution in [0.25, 0.3) is 22.3 Å². The van der Waals surface area contributed by atoms with Crippen LogP contribution in [0.15, 0.2) is 69.2 Å². The van der Waals surface area contributed by atoms with Crippen LogP contribution < -0.4 is 16.1 Å². The fourth-order valence-corrected chi connectivity index (χ4v) is 6.03. The zero-order valence-electron chi connectivity index (χ0n) is 20.2. The van der Waals surface area contributed by atoms with Gasteiger partial charge in [-0.2, -0.15) is 4.31 Å². The molecule has 1 fully saturated rings. The molecule has 0 aliphatic carbocycles. The lowest BCUT2D eigenvalue weighted by Crippen LogP contribution is -2.48. The summed E-state index contributed by atoms with van der Waals surface area (Å²) < 4.78 is 30.7. The summed E-state index contributed by atoms with van der Waals surface area (Å²) in [6, 6.07) is 14.0. The molecule has 3 aromatic heterocycles. The highest BCUT2D eigenvalue weighted by molar-refractivity contribution is 7.89. The summed E-state index contributed by atoms with van der Waals surface area (Å²) in [7, 11) is -2.01. The second kappa shape index (κ2) is 9.40. The summed E-state index contributed by atoms with van der Waals surface area (Å²) in [6.45, 7) is 4.14. The van der Waals surface area contributed by atoms with Crippen LogP contribution in [0.2, 0.25) is 0 Å². The van der Waals surface area contributed by atoms with Gasteiger partial charge in [0, 0.05) is 51.7 Å². The lowest BCUT2D eigenvalue weighted by molar-refractivity contribution is 0.384. The minimum atomic E-state index is -3.64. The number of hydrogen-bond acceptors (Lipinski definition) is 6. The molecule has 0 unspecified atom stereocenters. The summed E-state index contributed by atoms with van der Waals surface area (Å²) in [6.07, 6.45) is 2.40. The van der Waals surface area contributed by atoms with Gasteiger partial charge in [0.1, 0.15) is 11.3 Å². The van der Waals surface area contributed by atoms with E-state index in [0.29, 0.717) is 55.9 Å². The third kappa shape index (κ3) is 4.14. The first-order valence-corrected chi connectivity index (χ1v) is 13.3. The zero-order valence-corrected chi connectivity index (χ0v) is 21.0. The van der Waals surface area contributed by atoms with Crippen molar-refractivity contribution in [2.45, 2.75) is 24.8 Å². The molecule has 1 N–H and O–H groups in total. The number of pyridine rings is 1. The summed E-state index contributed by atoms with van der Waals surface area (Å²) in [5.74, 6) is 0.844. The maximum atomic E-state index is 13.2. The van der Waals surface area contributed by atoms with Gasteiger partial charge in [-0.15, -0.1) is 0 Å². The first kappa shape index (κ1) is 24.0. The Hall–Kier alpha value is -3.70. The molecular weight excluding hydrogens is 480 g/mol. The van der Waals surface area contributed by atoms with E-state index in [-0.39, 0.29) is 16.1 Å². The molecule has 1 aliphatic rings. The molecule has 10 nitrogen and oxygen atoms in total. The summed E-state index contributed by atoms with van der Waals surface area (Å²) in [5, 5.41) is 0. The molecule has 0 atom stereocenters. The number of anilines is 1. The second-order valence-electron chi connectivity index (χ2n) is 8.85. The van der Waals surface area contributed by atoms with Gasteiger partial charge in [0.25, 0.3) is 5.56 Å². The second-order valence-corrected chi connectivity index (χ2v) is 10.8. The lowest BCUT2D eigenvalue weighted by Gasteiger charge is -2.34. The smallest absolute Gasteiger partial charge is 0.331 e. The standard InChI is InChI=1S/C25H28N6O4S/c1-3-12-31-24(32)23-21(28(2)25(31)33)17-20(27-23)18-7-9-19(10-8-18)36(34,35)30-15-13-29(14-16-30)22-6-4-5-11-26-22/h4-11,17,27H,3,12-16H2,1-2H3. The van der Waals surface area contributed by atoms with E-state index in [1.807, 2.05) is 25.1 Å². The number of aryl methyl sites for hydroxylation is 1. The highest BCUT2D eigenvalue weighted by Crippen LogP contribution is 2.25. The van der Waals surface area contributed by atoms with Crippen molar-refractivity contribution in [2.24, 2.45) is 7.05 Å². The van der Waals surface area contributed by atoms with Gasteiger partial charge in [0.05, 0.1) is 10.4 Å². The Morgan fingerprint density at radius 3 is 2.36 bits per heavy atom. The Morgan fingerprint density at radius 1 is 1.00 bits per heavy atom. The molecule has 0 radical (unpaired) electrons. The number of benzene rings is 1. The van der Waals surface area contributed by atoms with Crippen LogP contribution in [-0.4, -0.2) is 58.0 Å². The number of sulfonamides is 1. The molecule has 1 aliphatic heterocycles. The number of fused-ring (bicyclic) bond motifs is 1. The summed E-state index contributed by atoms with van der Waals surface area (Å²) >= 11 is 0. The van der Waals surface area contributed by atoms with Crippen molar-refractivity contribution >= 4 is 26.9 Å². The van der Waals surface area contributed by atoms with Crippen LogP contribution in [0.4, 0.5) is 5.82 Å². The van der Waals surface area contributed by atoms with E-state index < -0.39 is 10.0 Å². The topological polar surface area (TPSA) is 113 Å². The minimum absolute atomic E-state index is 0.214. The average Bonchev–Trinajstić information content (AvgIpc) is 3.37. The number of hydrogen-bond donors (Lipinski definition) is 1. The Bertz CT molecular complexity index is 1610. The quantitative estimate of drug-likeness (QED) is 0.426. The predicted octanol–water partition coefficient (Wildman–Crippen LogP) is 2.01. The predicted molar refractivity (Wildman–Crippen MR) is 139 cm³/mol. The van der Waals surface area contributed by atoms with Crippen molar-refractivity contribution in [3.8, 4) is 11.3 Å². The van der Waals surface area contributed by atoms with Gasteiger partial charge in [-0.25, -0.2) is 18.2 Å². The van der Waals surface area contributed by atoms with E-state index in [0.717, 1.165) is 11.4 Å². The molecule has 11 heteroatoms. The van der Waals surface area contributed by atoms with E-state index in [1.165, 1.54) is 13.4 Å². The van der Waals surface area contributed by atoms with Crippen LogP contribution in [0.5, 0.6) is 0 Å². The Labute approximate surface area is 208 Å². The number of piperazine rings is 1. The fourth-order valence-electron chi connectivity index (χ4n) is 4.61. The van der Waals surface area contributed by atoms with Crippen LogP contribution in [0, 0.1) is 0 Å². The largest absolute Gasteiger partial charge is 0.354 e. The van der Waals surface area contributed by atoms with Gasteiger partial charge in [-0.3, -0.25) is 13.9 Å². The maximum absolute atomic E-state index is 13.2. The fraction of sp³-hybridized carbons (Fsp3) is 0.320. The number of aromatic amines is 1. The van der Waals surface area contributed by atoms with Crippen molar-refractivity contribution in [1.29, 1.82) is 0 Å². The summed E-state index contributed by atoms with van der Waals surface area (Å²) in [5.41, 5.74) is 1.51. The van der Waals surface area contributed by atoms with Gasteiger partial charge in [0.2, 0.25) is 10.0 Å². The summed E-state index contributed by atoms with van der Waals surface area (Å²) in [4.78, 5) is 35.2. The third-order valence-corrected chi connectivity index (χ3v) is 8.51. The molecule has 4 aromatic rings. The van der Waals surface area contributed by atoms with Crippen molar-refractivity contribution in [3.63, 3.8) is 0 Å². The van der Waals surface area contributed by atoms with Gasteiger partial charge in [-0.1, -0.05) is 25.1 Å². The van der Waals surface area contributed by atoms with Crippen molar-refractivity contribution in [1.82, 2.24) is 23.4 Å². The van der Waals surface area contributed by atoms with Crippen LogP contribution in [0.1, 0.15) is 13.3 Å². The van der Waals surface area contributed by atoms with E-state index in [1.54, 1.807) is 43.6 Å². The molecule has 188 valence electrons. The highest BCUT2D eigenvalue weighted by Gasteiger charge is 2.29. The van der Waals surface area contributed by atoms with Crippen molar-refractivity contribution in [3.05, 3.63) is 75.6 Å². The number of nitrogens with one attached hydrogen (secondary N) is 1. The van der Waals surface area contributed by atoms with Crippen LogP contribution >= 0.6 is 0 Å². The Morgan fingerprint density at radius 2 is 1.72 bits per heavy atom. The minimum Gasteiger partial charge on any atom is -0.354 e. The first-order valence-electron chi connectivity index (χ1n) is 11.9. The van der Waals surface area contributed by atoms with E-state index in [2.05, 4.69) is 14.9 Å². The molecular formula is C25H28N6O4S. The average molecular weight is 509 g/mol. The maximum Gasteiger partial charge on any atom is 0.331 e. The van der Waals surface area contributed by atoms with Gasteiger partial charge in [-0.05, 0) is 42.3 Å². The number of rotatable bonds is 6. The number of aromatic nitrogens is 4. The SMILES string of the molecule is CCCn1c(=O)c2[nH]c(-c3ccc(S(=O)(=O)N4CCN(c5ccccn5)CC4)cc3)cc2n(C)c1=O. The van der Waals surface area contributed by atoms with Gasteiger partial charge < -0.3 is 9.88 Å². The zero-order chi connectivity index (χ0) is 25.4. The molecule has 4 heterocycles. The third-order valence-electron chi connectivity index (χ3n) is 6.60. The number of H-pyrrole nitrogens is 1. The van der Waals surface area contributed by atoms with Crippen molar-refractivity contribution in [2.75, 3.05) is 31.1 Å². The van der Waals surface area contributed by atoms with Gasteiger partial charge >= 0.3 is 5.69 Å². The molecule has 5 rings (SSSR count). The molecule has 36 heavy (non-hydrogen) atoms. The van der Waals surface area contributed by atoms with E-state index in [4.69, 9.17) is 0 Å². The normalized spacial score (nSPS) is 15.0. The molecule has 0 bridgehead atoms. The van der Waals surface area contributed by atoms with E-state index in [9.17, 15) is 18.0 Å². The molecule has 1 saturated heterocycles. The molecule has 0 spiro atoms. The lowest BCUT2D eigenvalue weighted by atomic mass is 10.1. The van der Waals surface area contributed by atoms with Crippen molar-refractivity contribution < 1.29 is 8.42 Å². The molecule has 0 amide bonds. The Kier molecular flexibility index (Phi) is 6.27. The first-order chi connectivity index (χ1) is 17.3. The van der Waals surface area contributed by atoms with Gasteiger partial charge in [0.15, 0.2) is 0 Å². The molecule has 1 aromatic carbocycles. The highest BCUT2D eigenvalue weighted by atomic mass is 32.2. The van der Waals surface area contributed by atoms with Crippen LogP contribution in [-0.2, 0) is 23.6 Å². The van der Waals surface area contributed by atoms with Crippen LogP contribution in [0.3, 0.4) is 0 Å².